The summed E-state index contributed by atoms with van der Waals surface area (Å²) < 4.78 is 0.774. The van der Waals surface area contributed by atoms with E-state index in [1.54, 1.807) is 18.2 Å². The van der Waals surface area contributed by atoms with E-state index in [1.807, 2.05) is 0 Å². The highest BCUT2D eigenvalue weighted by molar-refractivity contribution is 9.10. The van der Waals surface area contributed by atoms with Crippen molar-refractivity contribution in [3.8, 4) is 5.75 Å². The molecule has 102 valence electrons. The third-order valence-corrected chi connectivity index (χ3v) is 4.65. The Morgan fingerprint density at radius 2 is 1.95 bits per heavy atom. The Balaban J connectivity index is 1.61. The number of carbonyl (C=O) groups is 1. The van der Waals surface area contributed by atoms with Crippen LogP contribution in [0.3, 0.4) is 0 Å². The summed E-state index contributed by atoms with van der Waals surface area (Å²) in [5.74, 6) is 2.16. The van der Waals surface area contributed by atoms with Gasteiger partial charge in [-0.15, -0.1) is 0 Å². The van der Waals surface area contributed by atoms with Crippen molar-refractivity contribution in [2.45, 2.75) is 25.7 Å². The number of amides is 1. The average molecular weight is 324 g/mol. The van der Waals surface area contributed by atoms with Gasteiger partial charge >= 0.3 is 0 Å². The van der Waals surface area contributed by atoms with Gasteiger partial charge in [0.05, 0.1) is 5.56 Å². The lowest BCUT2D eigenvalue weighted by molar-refractivity contribution is 0.0940. The highest BCUT2D eigenvalue weighted by Crippen LogP contribution is 2.48. The Bertz CT molecular complexity index is 483. The van der Waals surface area contributed by atoms with Crippen molar-refractivity contribution < 1.29 is 9.90 Å². The molecule has 0 heterocycles. The number of rotatable bonds is 5. The van der Waals surface area contributed by atoms with Gasteiger partial charge in [-0.1, -0.05) is 15.9 Å². The lowest BCUT2D eigenvalue weighted by Gasteiger charge is -2.16. The van der Waals surface area contributed by atoms with Crippen LogP contribution in [0.15, 0.2) is 22.7 Å². The highest BCUT2D eigenvalue weighted by Gasteiger charge is 2.41. The van der Waals surface area contributed by atoms with Crippen LogP contribution in [0, 0.1) is 17.8 Å². The van der Waals surface area contributed by atoms with Gasteiger partial charge in [0.15, 0.2) is 0 Å². The van der Waals surface area contributed by atoms with E-state index in [2.05, 4.69) is 21.2 Å². The normalized spacial score (nSPS) is 18.6. The summed E-state index contributed by atoms with van der Waals surface area (Å²) in [5.41, 5.74) is 0.355. The van der Waals surface area contributed by atoms with Crippen molar-refractivity contribution >= 4 is 21.8 Å². The summed E-state index contributed by atoms with van der Waals surface area (Å²) in [6.07, 6.45) is 5.28. The van der Waals surface area contributed by atoms with Gasteiger partial charge in [-0.3, -0.25) is 4.79 Å². The van der Waals surface area contributed by atoms with Crippen LogP contribution < -0.4 is 5.32 Å². The molecule has 2 aliphatic carbocycles. The van der Waals surface area contributed by atoms with E-state index in [0.717, 1.165) is 22.9 Å². The first-order valence-electron chi connectivity index (χ1n) is 6.92. The van der Waals surface area contributed by atoms with Gasteiger partial charge in [0.1, 0.15) is 5.75 Å². The van der Waals surface area contributed by atoms with E-state index in [1.165, 1.54) is 25.7 Å². The predicted molar refractivity (Wildman–Crippen MR) is 77.1 cm³/mol. The quantitative estimate of drug-likeness (QED) is 0.873. The second-order valence-corrected chi connectivity index (χ2v) is 6.63. The van der Waals surface area contributed by atoms with Crippen molar-refractivity contribution in [1.82, 2.24) is 5.32 Å². The lowest BCUT2D eigenvalue weighted by atomic mass is 9.98. The topological polar surface area (TPSA) is 49.3 Å². The first kappa shape index (κ1) is 13.0. The molecule has 0 radical (unpaired) electrons. The molecular weight excluding hydrogens is 306 g/mol. The molecule has 0 spiro atoms. The van der Waals surface area contributed by atoms with Gasteiger partial charge in [-0.2, -0.15) is 0 Å². The van der Waals surface area contributed by atoms with Crippen molar-refractivity contribution in [2.75, 3.05) is 6.54 Å². The Labute approximate surface area is 121 Å². The summed E-state index contributed by atoms with van der Waals surface area (Å²) in [6, 6.07) is 4.97. The zero-order chi connectivity index (χ0) is 13.4. The van der Waals surface area contributed by atoms with Gasteiger partial charge in [-0.25, -0.2) is 0 Å². The van der Waals surface area contributed by atoms with Crippen LogP contribution in [-0.4, -0.2) is 17.6 Å². The van der Waals surface area contributed by atoms with E-state index in [9.17, 15) is 9.90 Å². The lowest BCUT2D eigenvalue weighted by Crippen LogP contribution is -2.31. The van der Waals surface area contributed by atoms with Crippen LogP contribution in [0.5, 0.6) is 5.75 Å². The van der Waals surface area contributed by atoms with Crippen LogP contribution in [0.25, 0.3) is 0 Å². The van der Waals surface area contributed by atoms with Gasteiger partial charge < -0.3 is 10.4 Å². The molecule has 2 saturated carbocycles. The maximum absolute atomic E-state index is 12.1. The zero-order valence-electron chi connectivity index (χ0n) is 10.7. The number of hydrogen-bond donors (Lipinski definition) is 2. The van der Waals surface area contributed by atoms with E-state index in [-0.39, 0.29) is 11.7 Å². The second kappa shape index (κ2) is 5.16. The fourth-order valence-corrected chi connectivity index (χ4v) is 3.12. The van der Waals surface area contributed by atoms with Crippen molar-refractivity contribution in [3.63, 3.8) is 0 Å². The van der Waals surface area contributed by atoms with Crippen LogP contribution >= 0.6 is 15.9 Å². The van der Waals surface area contributed by atoms with Crippen molar-refractivity contribution in [2.24, 2.45) is 17.8 Å². The Hall–Kier alpha value is -1.03. The van der Waals surface area contributed by atoms with Crippen LogP contribution in [0.2, 0.25) is 0 Å². The Kier molecular flexibility index (Phi) is 3.52. The van der Waals surface area contributed by atoms with E-state index in [0.29, 0.717) is 11.5 Å². The molecule has 19 heavy (non-hydrogen) atoms. The van der Waals surface area contributed by atoms with Crippen LogP contribution in [0.1, 0.15) is 36.0 Å². The molecular formula is C15H18BrNO2. The molecule has 3 nitrogen and oxygen atoms in total. The Morgan fingerprint density at radius 1 is 1.32 bits per heavy atom. The fraction of sp³-hybridized carbons (Fsp3) is 0.533. The maximum atomic E-state index is 12.1. The number of aromatic hydroxyl groups is 1. The third-order valence-electron chi connectivity index (χ3n) is 4.16. The van der Waals surface area contributed by atoms with Crippen LogP contribution in [0.4, 0.5) is 0 Å². The minimum absolute atomic E-state index is 0.0290. The molecule has 0 aliphatic heterocycles. The molecule has 2 aliphatic rings. The summed E-state index contributed by atoms with van der Waals surface area (Å²) in [6.45, 7) is 0.754. The molecule has 0 atom stereocenters. The minimum Gasteiger partial charge on any atom is -0.507 e. The maximum Gasteiger partial charge on any atom is 0.255 e. The number of carbonyl (C=O) groups excluding carboxylic acids is 1. The standard InChI is InChI=1S/C15H18BrNO2/c16-11-5-6-12(14(18)7-11)15(19)17-8-13(9-1-2-9)10-3-4-10/h5-7,9-10,13,18H,1-4,8H2,(H,17,19). The summed E-state index contributed by atoms with van der Waals surface area (Å²) in [7, 11) is 0. The SMILES string of the molecule is O=C(NCC(C1CC1)C1CC1)c1ccc(Br)cc1O. The third kappa shape index (κ3) is 3.11. The molecule has 0 saturated heterocycles. The second-order valence-electron chi connectivity index (χ2n) is 5.71. The molecule has 3 rings (SSSR count). The molecule has 0 bridgehead atoms. The van der Waals surface area contributed by atoms with Gasteiger partial charge in [0.25, 0.3) is 5.91 Å². The van der Waals surface area contributed by atoms with E-state index < -0.39 is 0 Å². The molecule has 1 aromatic carbocycles. The predicted octanol–water partition coefficient (Wildman–Crippen LogP) is 3.32. The van der Waals surface area contributed by atoms with Crippen LogP contribution in [-0.2, 0) is 0 Å². The van der Waals surface area contributed by atoms with Gasteiger partial charge in [0.2, 0.25) is 0 Å². The smallest absolute Gasteiger partial charge is 0.255 e. The number of phenolic OH excluding ortho intramolecular Hbond substituents is 1. The molecule has 0 unspecified atom stereocenters. The van der Waals surface area contributed by atoms with Gasteiger partial charge in [0, 0.05) is 11.0 Å². The first-order valence-corrected chi connectivity index (χ1v) is 7.71. The minimum atomic E-state index is -0.170. The fourth-order valence-electron chi connectivity index (χ4n) is 2.77. The number of nitrogens with one attached hydrogen (secondary N) is 1. The molecule has 1 amide bonds. The summed E-state index contributed by atoms with van der Waals surface area (Å²) in [5, 5.41) is 12.8. The largest absolute Gasteiger partial charge is 0.507 e. The van der Waals surface area contributed by atoms with Gasteiger partial charge in [-0.05, 0) is 61.6 Å². The highest BCUT2D eigenvalue weighted by atomic mass is 79.9. The first-order chi connectivity index (χ1) is 9.15. The molecule has 2 N–H and O–H groups in total. The zero-order valence-corrected chi connectivity index (χ0v) is 12.3. The van der Waals surface area contributed by atoms with E-state index >= 15 is 0 Å². The molecule has 0 aromatic heterocycles. The average Bonchev–Trinajstić information content (AvgIpc) is 3.23. The molecule has 4 heteroatoms. The number of phenols is 1. The number of halogens is 1. The van der Waals surface area contributed by atoms with E-state index in [4.69, 9.17) is 0 Å². The molecule has 2 fully saturated rings. The number of hydrogen-bond acceptors (Lipinski definition) is 2. The van der Waals surface area contributed by atoms with Crippen molar-refractivity contribution in [1.29, 1.82) is 0 Å². The Morgan fingerprint density at radius 3 is 2.47 bits per heavy atom. The molecule has 1 aromatic rings. The monoisotopic (exact) mass is 323 g/mol. The summed E-state index contributed by atoms with van der Waals surface area (Å²) in [4.78, 5) is 12.1. The summed E-state index contributed by atoms with van der Waals surface area (Å²) >= 11 is 3.27. The number of benzene rings is 1. The van der Waals surface area contributed by atoms with Crippen molar-refractivity contribution in [3.05, 3.63) is 28.2 Å².